The number of hydrogen-bond donors (Lipinski definition) is 1. The number of likely N-dealkylation sites (tertiary alicyclic amines) is 1. The number of amides is 1. The lowest BCUT2D eigenvalue weighted by Gasteiger charge is -2.18. The molecule has 1 N–H and O–H groups in total. The van der Waals surface area contributed by atoms with Crippen LogP contribution in [0.15, 0.2) is 6.20 Å². The van der Waals surface area contributed by atoms with E-state index in [1.54, 1.807) is 0 Å². The van der Waals surface area contributed by atoms with E-state index in [1.807, 2.05) is 29.7 Å². The van der Waals surface area contributed by atoms with E-state index < -0.39 is 0 Å². The number of rotatable bonds is 4. The summed E-state index contributed by atoms with van der Waals surface area (Å²) >= 11 is 0. The predicted molar refractivity (Wildman–Crippen MR) is 70.0 cm³/mol. The second-order valence-corrected chi connectivity index (χ2v) is 5.30. The van der Waals surface area contributed by atoms with Crippen LogP contribution in [0.5, 0.6) is 0 Å². The molecule has 1 unspecified atom stereocenters. The lowest BCUT2D eigenvalue weighted by Crippen LogP contribution is -2.41. The Morgan fingerprint density at radius 2 is 2.28 bits per heavy atom. The third-order valence-corrected chi connectivity index (χ3v) is 3.53. The maximum Gasteiger partial charge on any atom is 0.240 e. The average Bonchev–Trinajstić information content (AvgIpc) is 2.79. The van der Waals surface area contributed by atoms with Crippen molar-refractivity contribution in [3.05, 3.63) is 17.5 Å². The van der Waals surface area contributed by atoms with Crippen LogP contribution in [0, 0.1) is 6.92 Å². The molecule has 2 heterocycles. The number of aryl methyl sites for hydroxylation is 1. The molecule has 0 saturated carbocycles. The Morgan fingerprint density at radius 1 is 1.56 bits per heavy atom. The topological polar surface area (TPSA) is 50.2 Å². The van der Waals surface area contributed by atoms with Gasteiger partial charge in [-0.05, 0) is 13.3 Å². The molecule has 0 aliphatic carbocycles. The number of aromatic nitrogens is 2. The summed E-state index contributed by atoms with van der Waals surface area (Å²) in [6, 6.07) is 0.334. The fourth-order valence-corrected chi connectivity index (χ4v) is 2.36. The van der Waals surface area contributed by atoms with Crippen LogP contribution in [0.2, 0.25) is 0 Å². The largest absolute Gasteiger partial charge is 0.337 e. The minimum absolute atomic E-state index is 0.0121. The predicted octanol–water partition coefficient (Wildman–Crippen LogP) is 0.827. The van der Waals surface area contributed by atoms with Gasteiger partial charge in [-0.1, -0.05) is 13.8 Å². The lowest BCUT2D eigenvalue weighted by molar-refractivity contribution is -0.130. The number of hydrogen-bond acceptors (Lipinski definition) is 3. The third kappa shape index (κ3) is 2.56. The molecule has 0 radical (unpaired) electrons. The summed E-state index contributed by atoms with van der Waals surface area (Å²) in [7, 11) is 1.92. The van der Waals surface area contributed by atoms with Crippen LogP contribution in [0.4, 0.5) is 0 Å². The zero-order valence-corrected chi connectivity index (χ0v) is 11.6. The van der Waals surface area contributed by atoms with Crippen molar-refractivity contribution in [2.45, 2.75) is 45.8 Å². The van der Waals surface area contributed by atoms with E-state index in [-0.39, 0.29) is 11.9 Å². The maximum absolute atomic E-state index is 12.2. The molecule has 18 heavy (non-hydrogen) atoms. The van der Waals surface area contributed by atoms with Crippen molar-refractivity contribution in [1.29, 1.82) is 0 Å². The Balaban J connectivity index is 2.00. The Bertz CT molecular complexity index is 438. The summed E-state index contributed by atoms with van der Waals surface area (Å²) < 4.78 is 1.85. The number of carbonyl (C=O) groups excluding carboxylic acids is 1. The highest BCUT2D eigenvalue weighted by atomic mass is 16.2. The molecule has 1 aliphatic heterocycles. The van der Waals surface area contributed by atoms with E-state index in [2.05, 4.69) is 24.3 Å². The Hall–Kier alpha value is -1.36. The maximum atomic E-state index is 12.2. The molecule has 1 saturated heterocycles. The van der Waals surface area contributed by atoms with E-state index in [0.717, 1.165) is 24.2 Å². The van der Waals surface area contributed by atoms with Crippen molar-refractivity contribution in [3.8, 4) is 0 Å². The summed E-state index contributed by atoms with van der Waals surface area (Å²) in [4.78, 5) is 14.1. The summed E-state index contributed by atoms with van der Waals surface area (Å²) in [6.07, 6.45) is 2.75. The smallest absolute Gasteiger partial charge is 0.240 e. The van der Waals surface area contributed by atoms with Gasteiger partial charge in [-0.3, -0.25) is 9.48 Å². The first-order valence-corrected chi connectivity index (χ1v) is 6.51. The summed E-state index contributed by atoms with van der Waals surface area (Å²) in [5, 5.41) is 7.53. The van der Waals surface area contributed by atoms with Gasteiger partial charge in [0.25, 0.3) is 0 Å². The van der Waals surface area contributed by atoms with Crippen molar-refractivity contribution in [3.63, 3.8) is 0 Å². The molecule has 1 fully saturated rings. The summed E-state index contributed by atoms with van der Waals surface area (Å²) in [5.74, 6) is 0.215. The third-order valence-electron chi connectivity index (χ3n) is 3.53. The number of carbonyl (C=O) groups is 1. The number of nitrogens with one attached hydrogen (secondary N) is 1. The average molecular weight is 250 g/mol. The van der Waals surface area contributed by atoms with Crippen LogP contribution in [0.25, 0.3) is 0 Å². The van der Waals surface area contributed by atoms with Crippen LogP contribution in [0.1, 0.15) is 31.5 Å². The Labute approximate surface area is 108 Å². The minimum Gasteiger partial charge on any atom is -0.337 e. The Morgan fingerprint density at radius 3 is 2.83 bits per heavy atom. The van der Waals surface area contributed by atoms with Crippen LogP contribution in [-0.4, -0.2) is 39.2 Å². The normalized spacial score (nSPS) is 20.2. The molecule has 1 aromatic rings. The van der Waals surface area contributed by atoms with Crippen molar-refractivity contribution in [2.75, 3.05) is 6.54 Å². The summed E-state index contributed by atoms with van der Waals surface area (Å²) in [5.41, 5.74) is 2.26. The second-order valence-electron chi connectivity index (χ2n) is 5.30. The molecule has 2 rings (SSSR count). The molecule has 1 aliphatic rings. The summed E-state index contributed by atoms with van der Waals surface area (Å²) in [6.45, 7) is 7.68. The van der Waals surface area contributed by atoms with Gasteiger partial charge in [0.05, 0.1) is 12.2 Å². The fourth-order valence-electron chi connectivity index (χ4n) is 2.36. The Kier molecular flexibility index (Phi) is 3.71. The molecule has 1 aromatic heterocycles. The van der Waals surface area contributed by atoms with Crippen molar-refractivity contribution in [1.82, 2.24) is 20.0 Å². The minimum atomic E-state index is -0.0121. The van der Waals surface area contributed by atoms with E-state index in [4.69, 9.17) is 0 Å². The van der Waals surface area contributed by atoms with Gasteiger partial charge in [-0.2, -0.15) is 5.10 Å². The van der Waals surface area contributed by atoms with E-state index in [0.29, 0.717) is 12.6 Å². The van der Waals surface area contributed by atoms with Gasteiger partial charge >= 0.3 is 0 Å². The van der Waals surface area contributed by atoms with Crippen molar-refractivity contribution >= 4 is 5.91 Å². The molecular weight excluding hydrogens is 228 g/mol. The van der Waals surface area contributed by atoms with Crippen LogP contribution >= 0.6 is 0 Å². The number of nitrogens with zero attached hydrogens (tertiary/aromatic N) is 3. The molecule has 5 heteroatoms. The van der Waals surface area contributed by atoms with Crippen LogP contribution < -0.4 is 5.32 Å². The van der Waals surface area contributed by atoms with E-state index in [1.165, 1.54) is 0 Å². The highest BCUT2D eigenvalue weighted by Crippen LogP contribution is 2.17. The monoisotopic (exact) mass is 250 g/mol. The molecular formula is C13H22N4O. The molecule has 0 aromatic carbocycles. The van der Waals surface area contributed by atoms with E-state index >= 15 is 0 Å². The highest BCUT2D eigenvalue weighted by Gasteiger charge is 2.31. The van der Waals surface area contributed by atoms with Gasteiger partial charge in [0.1, 0.15) is 0 Å². The molecule has 1 amide bonds. The van der Waals surface area contributed by atoms with Gasteiger partial charge in [-0.25, -0.2) is 0 Å². The lowest BCUT2D eigenvalue weighted by atomic mass is 10.2. The zero-order chi connectivity index (χ0) is 13.3. The molecule has 1 atom stereocenters. The van der Waals surface area contributed by atoms with Gasteiger partial charge in [0, 0.05) is 37.4 Å². The first-order valence-electron chi connectivity index (χ1n) is 6.51. The zero-order valence-electron chi connectivity index (χ0n) is 11.6. The fraction of sp³-hybridized carbons (Fsp3) is 0.692. The molecule has 0 bridgehead atoms. The quantitative estimate of drug-likeness (QED) is 0.861. The molecule has 100 valence electrons. The van der Waals surface area contributed by atoms with Gasteiger partial charge in [0.2, 0.25) is 5.91 Å². The highest BCUT2D eigenvalue weighted by molar-refractivity contribution is 5.84. The van der Waals surface area contributed by atoms with Crippen LogP contribution in [-0.2, 0) is 18.4 Å². The van der Waals surface area contributed by atoms with Crippen molar-refractivity contribution in [2.24, 2.45) is 7.05 Å². The standard InChI is InChI=1S/C13H22N4O/c1-9(2)15-12-5-6-17(13(12)18)8-11-7-14-16(4)10(11)3/h7,9,12,15H,5-6,8H2,1-4H3. The van der Waals surface area contributed by atoms with Crippen LogP contribution in [0.3, 0.4) is 0 Å². The van der Waals surface area contributed by atoms with Crippen molar-refractivity contribution < 1.29 is 4.79 Å². The first-order chi connectivity index (χ1) is 8.49. The molecule has 0 spiro atoms. The second kappa shape index (κ2) is 5.10. The van der Waals surface area contributed by atoms with Gasteiger partial charge < -0.3 is 10.2 Å². The SMILES string of the molecule is Cc1c(CN2CCC(NC(C)C)C2=O)cnn1C. The van der Waals surface area contributed by atoms with E-state index in [9.17, 15) is 4.79 Å². The van der Waals surface area contributed by atoms with Gasteiger partial charge in [0.15, 0.2) is 0 Å². The first kappa shape index (κ1) is 13.1. The van der Waals surface area contributed by atoms with Gasteiger partial charge in [-0.15, -0.1) is 0 Å². The molecule has 5 nitrogen and oxygen atoms in total.